The van der Waals surface area contributed by atoms with Gasteiger partial charge in [-0.2, -0.15) is 0 Å². The zero-order valence-electron chi connectivity index (χ0n) is 19.3. The maximum atomic E-state index is 13.2. The van der Waals surface area contributed by atoms with Crippen LogP contribution in [-0.4, -0.2) is 53.2 Å². The molecule has 0 saturated carbocycles. The molecule has 2 fully saturated rings. The molecule has 2 aromatic carbocycles. The molecule has 5 rings (SSSR count). The van der Waals surface area contributed by atoms with Gasteiger partial charge in [-0.25, -0.2) is 4.79 Å². The van der Waals surface area contributed by atoms with Gasteiger partial charge in [0.25, 0.3) is 0 Å². The summed E-state index contributed by atoms with van der Waals surface area (Å²) in [6.45, 7) is 2.31. The first-order valence-electron chi connectivity index (χ1n) is 12.1. The lowest BCUT2D eigenvalue weighted by Gasteiger charge is -2.27. The van der Waals surface area contributed by atoms with Crippen molar-refractivity contribution in [3.63, 3.8) is 0 Å². The molecule has 1 unspecified atom stereocenters. The largest absolute Gasteiger partial charge is 0.481 e. The van der Waals surface area contributed by atoms with Crippen molar-refractivity contribution in [3.05, 3.63) is 59.7 Å². The first-order chi connectivity index (χ1) is 16.5. The molecule has 3 aliphatic rings. The van der Waals surface area contributed by atoms with E-state index in [4.69, 9.17) is 4.74 Å². The number of carbonyl (C=O) groups excluding carboxylic acids is 2. The zero-order valence-corrected chi connectivity index (χ0v) is 19.3. The summed E-state index contributed by atoms with van der Waals surface area (Å²) >= 11 is 0. The zero-order chi connectivity index (χ0) is 23.8. The van der Waals surface area contributed by atoms with Gasteiger partial charge in [-0.05, 0) is 47.9 Å². The number of carbonyl (C=O) groups is 3. The summed E-state index contributed by atoms with van der Waals surface area (Å²) in [6, 6.07) is 16.1. The monoisotopic (exact) mass is 462 g/mol. The minimum Gasteiger partial charge on any atom is -0.481 e. The quantitative estimate of drug-likeness (QED) is 0.648. The van der Waals surface area contributed by atoms with Crippen LogP contribution in [0, 0.1) is 11.8 Å². The summed E-state index contributed by atoms with van der Waals surface area (Å²) in [7, 11) is 0. The molecular formula is C27H30N2O5. The van der Waals surface area contributed by atoms with Crippen molar-refractivity contribution >= 4 is 18.0 Å². The van der Waals surface area contributed by atoms with Crippen molar-refractivity contribution in [2.24, 2.45) is 11.8 Å². The van der Waals surface area contributed by atoms with Crippen LogP contribution in [0.15, 0.2) is 48.5 Å². The molecule has 2 N–H and O–H groups in total. The lowest BCUT2D eigenvalue weighted by atomic mass is 9.89. The van der Waals surface area contributed by atoms with Gasteiger partial charge in [0.15, 0.2) is 0 Å². The number of nitrogens with one attached hydrogen (secondary N) is 1. The fourth-order valence-electron chi connectivity index (χ4n) is 6.07. The Morgan fingerprint density at radius 1 is 1.06 bits per heavy atom. The van der Waals surface area contributed by atoms with E-state index in [1.165, 1.54) is 11.1 Å². The standard InChI is InChI=1S/C27H30N2O5/c1-2-16(25(30)29-17-11-12-24(29)22(13-17)26(31)32)14-28-27(33)34-15-23-20-9-5-3-7-18(20)19-8-4-6-10-21(19)23/h3-10,16-17,22-24H,2,11-15H2,1H3,(H,28,33)(H,31,32)/t16?,17-,22+,24+/m1/s1. The molecule has 4 atom stereocenters. The van der Waals surface area contributed by atoms with Crippen molar-refractivity contribution in [1.29, 1.82) is 0 Å². The lowest BCUT2D eigenvalue weighted by molar-refractivity contribution is -0.143. The van der Waals surface area contributed by atoms with E-state index in [0.717, 1.165) is 24.0 Å². The smallest absolute Gasteiger partial charge is 0.407 e. The molecule has 2 saturated heterocycles. The first-order valence-corrected chi connectivity index (χ1v) is 12.1. The lowest BCUT2D eigenvalue weighted by Crippen LogP contribution is -2.44. The predicted molar refractivity (Wildman–Crippen MR) is 126 cm³/mol. The van der Waals surface area contributed by atoms with E-state index in [9.17, 15) is 19.5 Å². The van der Waals surface area contributed by atoms with Gasteiger partial charge < -0.3 is 20.1 Å². The number of carboxylic acid groups (broad SMARTS) is 1. The number of rotatable bonds is 7. The molecule has 2 amide bonds. The summed E-state index contributed by atoms with van der Waals surface area (Å²) in [4.78, 5) is 39.1. The summed E-state index contributed by atoms with van der Waals surface area (Å²) in [5, 5.41) is 12.2. The van der Waals surface area contributed by atoms with Crippen LogP contribution < -0.4 is 5.32 Å². The Hall–Kier alpha value is -3.35. The van der Waals surface area contributed by atoms with E-state index in [-0.39, 0.29) is 37.1 Å². The second-order valence-corrected chi connectivity index (χ2v) is 9.54. The van der Waals surface area contributed by atoms with Gasteiger partial charge in [0.05, 0.1) is 11.8 Å². The molecule has 0 radical (unpaired) electrons. The Morgan fingerprint density at radius 2 is 1.71 bits per heavy atom. The molecule has 7 nitrogen and oxygen atoms in total. The number of alkyl carbamates (subject to hydrolysis) is 1. The van der Waals surface area contributed by atoms with Crippen LogP contribution in [0.5, 0.6) is 0 Å². The second kappa shape index (κ2) is 9.12. The van der Waals surface area contributed by atoms with E-state index in [1.54, 1.807) is 4.90 Å². The Bertz CT molecular complexity index is 1070. The maximum Gasteiger partial charge on any atom is 0.407 e. The fourth-order valence-corrected chi connectivity index (χ4v) is 6.07. The average molecular weight is 463 g/mol. The summed E-state index contributed by atoms with van der Waals surface area (Å²) < 4.78 is 5.59. The Balaban J connectivity index is 1.18. The Morgan fingerprint density at radius 3 is 2.29 bits per heavy atom. The molecule has 7 heteroatoms. The van der Waals surface area contributed by atoms with E-state index in [0.29, 0.717) is 12.8 Å². The van der Waals surface area contributed by atoms with Gasteiger partial charge in [0, 0.05) is 24.5 Å². The molecule has 1 aliphatic carbocycles. The van der Waals surface area contributed by atoms with E-state index >= 15 is 0 Å². The Labute approximate surface area is 199 Å². The number of amides is 2. The van der Waals surface area contributed by atoms with Crippen molar-refractivity contribution < 1.29 is 24.2 Å². The first kappa shape index (κ1) is 22.4. The highest BCUT2D eigenvalue weighted by Gasteiger charge is 2.52. The summed E-state index contributed by atoms with van der Waals surface area (Å²) in [5.74, 6) is -1.77. The van der Waals surface area contributed by atoms with Crippen molar-refractivity contribution in [2.45, 2.75) is 50.6 Å². The number of aliphatic carboxylic acids is 1. The minimum atomic E-state index is -0.824. The van der Waals surface area contributed by atoms with E-state index < -0.39 is 23.9 Å². The molecule has 2 heterocycles. The average Bonchev–Trinajstić information content (AvgIpc) is 3.52. The van der Waals surface area contributed by atoms with Crippen LogP contribution in [0.4, 0.5) is 4.79 Å². The topological polar surface area (TPSA) is 95.9 Å². The Kier molecular flexibility index (Phi) is 6.02. The normalized spacial score (nSPS) is 23.3. The molecule has 2 bridgehead atoms. The van der Waals surface area contributed by atoms with Crippen LogP contribution in [0.25, 0.3) is 11.1 Å². The van der Waals surface area contributed by atoms with Gasteiger partial charge in [-0.3, -0.25) is 9.59 Å². The maximum absolute atomic E-state index is 13.2. The van der Waals surface area contributed by atoms with Crippen LogP contribution in [0.2, 0.25) is 0 Å². The predicted octanol–water partition coefficient (Wildman–Crippen LogP) is 4.02. The fraction of sp³-hybridized carbons (Fsp3) is 0.444. The van der Waals surface area contributed by atoms with E-state index in [1.807, 2.05) is 31.2 Å². The number of benzene rings is 2. The van der Waals surface area contributed by atoms with Gasteiger partial charge in [0.1, 0.15) is 6.61 Å². The molecule has 34 heavy (non-hydrogen) atoms. The van der Waals surface area contributed by atoms with Crippen LogP contribution in [0.3, 0.4) is 0 Å². The van der Waals surface area contributed by atoms with E-state index in [2.05, 4.69) is 29.6 Å². The van der Waals surface area contributed by atoms with Gasteiger partial charge in [-0.15, -0.1) is 0 Å². The third kappa shape index (κ3) is 3.83. The van der Waals surface area contributed by atoms with Crippen molar-refractivity contribution in [2.75, 3.05) is 13.2 Å². The van der Waals surface area contributed by atoms with Gasteiger partial charge >= 0.3 is 12.1 Å². The third-order valence-corrected chi connectivity index (χ3v) is 7.79. The third-order valence-electron chi connectivity index (χ3n) is 7.79. The number of hydrogen-bond acceptors (Lipinski definition) is 4. The highest BCUT2D eigenvalue weighted by Crippen LogP contribution is 2.45. The van der Waals surface area contributed by atoms with Crippen LogP contribution in [-0.2, 0) is 14.3 Å². The summed E-state index contributed by atoms with van der Waals surface area (Å²) in [6.07, 6.45) is 2.15. The number of hydrogen-bond donors (Lipinski definition) is 2. The highest BCUT2D eigenvalue weighted by atomic mass is 16.5. The van der Waals surface area contributed by atoms with Crippen molar-refractivity contribution in [1.82, 2.24) is 10.2 Å². The van der Waals surface area contributed by atoms with Gasteiger partial charge in [-0.1, -0.05) is 55.5 Å². The molecule has 178 valence electrons. The number of fused-ring (bicyclic) bond motifs is 5. The minimum absolute atomic E-state index is 0.00195. The molecule has 2 aromatic rings. The molecule has 0 spiro atoms. The van der Waals surface area contributed by atoms with Gasteiger partial charge in [0.2, 0.25) is 5.91 Å². The SMILES string of the molecule is CCC(CNC(=O)OCC1c2ccccc2-c2ccccc21)C(=O)N1[C@@H]2CC[C@H]1[C@@H](C(=O)O)C2. The number of ether oxygens (including phenoxy) is 1. The molecular weight excluding hydrogens is 432 g/mol. The van der Waals surface area contributed by atoms with Crippen LogP contribution in [0.1, 0.15) is 49.7 Å². The number of nitrogens with zero attached hydrogens (tertiary/aromatic N) is 1. The summed E-state index contributed by atoms with van der Waals surface area (Å²) in [5.41, 5.74) is 4.64. The van der Waals surface area contributed by atoms with Crippen LogP contribution >= 0.6 is 0 Å². The highest BCUT2D eigenvalue weighted by molar-refractivity contribution is 5.83. The van der Waals surface area contributed by atoms with Crippen molar-refractivity contribution in [3.8, 4) is 11.1 Å². The second-order valence-electron chi connectivity index (χ2n) is 9.54. The molecule has 2 aliphatic heterocycles. The number of carboxylic acids is 1. The molecule has 0 aromatic heterocycles.